The van der Waals surface area contributed by atoms with Crippen molar-refractivity contribution in [1.82, 2.24) is 20.1 Å². The molecule has 0 spiro atoms. The highest BCUT2D eigenvalue weighted by Gasteiger charge is 2.34. The second-order valence-corrected chi connectivity index (χ2v) is 6.84. The molecule has 0 radical (unpaired) electrons. The molecule has 2 aromatic rings. The summed E-state index contributed by atoms with van der Waals surface area (Å²) < 4.78 is 0. The van der Waals surface area contributed by atoms with E-state index in [0.29, 0.717) is 6.04 Å². The molecule has 1 unspecified atom stereocenters. The quantitative estimate of drug-likeness (QED) is 0.889. The molecule has 1 aliphatic heterocycles. The summed E-state index contributed by atoms with van der Waals surface area (Å²) in [6.07, 6.45) is 5.59. The van der Waals surface area contributed by atoms with Crippen LogP contribution in [0.25, 0.3) is 0 Å². The number of aromatic amines is 1. The molecule has 1 saturated heterocycles. The van der Waals surface area contributed by atoms with Gasteiger partial charge in [0.15, 0.2) is 5.16 Å². The van der Waals surface area contributed by atoms with E-state index in [1.165, 1.54) is 49.3 Å². The van der Waals surface area contributed by atoms with Crippen LogP contribution in [0.15, 0.2) is 40.6 Å². The molecule has 2 heterocycles. The van der Waals surface area contributed by atoms with Crippen molar-refractivity contribution in [3.8, 4) is 0 Å². The number of H-pyrrole nitrogens is 1. The van der Waals surface area contributed by atoms with Gasteiger partial charge in [-0.1, -0.05) is 11.8 Å². The molecule has 2 aliphatic rings. The molecule has 1 aromatic heterocycles. The molecule has 0 amide bonds. The highest BCUT2D eigenvalue weighted by molar-refractivity contribution is 7.99. The smallest absolute Gasteiger partial charge is 0.188 e. The average molecular weight is 301 g/mol. The number of likely N-dealkylation sites (tertiary alicyclic amines) is 1. The monoisotopic (exact) mass is 301 g/mol. The molecule has 2 fully saturated rings. The zero-order chi connectivity index (χ0) is 14.1. The van der Waals surface area contributed by atoms with Crippen LogP contribution in [0.1, 0.15) is 19.3 Å². The fourth-order valence-corrected chi connectivity index (χ4v) is 3.58. The van der Waals surface area contributed by atoms with Gasteiger partial charge in [0.2, 0.25) is 0 Å². The van der Waals surface area contributed by atoms with Gasteiger partial charge in [0.1, 0.15) is 6.33 Å². The predicted octanol–water partition coefficient (Wildman–Crippen LogP) is 2.60. The third-order valence-electron chi connectivity index (χ3n) is 4.12. The van der Waals surface area contributed by atoms with E-state index in [1.807, 2.05) is 0 Å². The summed E-state index contributed by atoms with van der Waals surface area (Å²) in [7, 11) is 0. The van der Waals surface area contributed by atoms with Crippen molar-refractivity contribution in [1.29, 1.82) is 0 Å². The number of hydrogen-bond donors (Lipinski definition) is 2. The van der Waals surface area contributed by atoms with E-state index in [9.17, 15) is 0 Å². The van der Waals surface area contributed by atoms with Crippen molar-refractivity contribution in [3.05, 3.63) is 30.6 Å². The number of nitrogens with zero attached hydrogens (tertiary/aromatic N) is 3. The van der Waals surface area contributed by atoms with Crippen molar-refractivity contribution in [2.45, 2.75) is 41.4 Å². The summed E-state index contributed by atoms with van der Waals surface area (Å²) >= 11 is 1.59. The van der Waals surface area contributed by atoms with Crippen molar-refractivity contribution in [2.75, 3.05) is 18.4 Å². The Morgan fingerprint density at radius 2 is 2.05 bits per heavy atom. The van der Waals surface area contributed by atoms with Gasteiger partial charge in [0.05, 0.1) is 0 Å². The Kier molecular flexibility index (Phi) is 3.57. The van der Waals surface area contributed by atoms with Crippen LogP contribution in [0.3, 0.4) is 0 Å². The Morgan fingerprint density at radius 3 is 2.76 bits per heavy atom. The van der Waals surface area contributed by atoms with Crippen LogP contribution in [-0.2, 0) is 0 Å². The number of aromatic nitrogens is 3. The van der Waals surface area contributed by atoms with E-state index in [2.05, 4.69) is 49.7 Å². The van der Waals surface area contributed by atoms with Gasteiger partial charge in [-0.2, -0.15) is 5.10 Å². The molecule has 0 bridgehead atoms. The topological polar surface area (TPSA) is 56.8 Å². The first kappa shape index (κ1) is 13.2. The molecule has 2 N–H and O–H groups in total. The van der Waals surface area contributed by atoms with Gasteiger partial charge in [-0.15, -0.1) is 0 Å². The Balaban J connectivity index is 1.33. The third-order valence-corrected chi connectivity index (χ3v) is 5.01. The Labute approximate surface area is 128 Å². The Bertz CT molecular complexity index is 579. The van der Waals surface area contributed by atoms with Crippen molar-refractivity contribution < 1.29 is 0 Å². The van der Waals surface area contributed by atoms with E-state index in [4.69, 9.17) is 0 Å². The molecule has 21 heavy (non-hydrogen) atoms. The average Bonchev–Trinajstić information content (AvgIpc) is 3.03. The maximum Gasteiger partial charge on any atom is 0.188 e. The van der Waals surface area contributed by atoms with Gasteiger partial charge in [-0.25, -0.2) is 4.98 Å². The molecule has 1 saturated carbocycles. The summed E-state index contributed by atoms with van der Waals surface area (Å²) in [6, 6.07) is 10.0. The lowest BCUT2D eigenvalue weighted by Gasteiger charge is -2.16. The van der Waals surface area contributed by atoms with E-state index in [1.54, 1.807) is 11.8 Å². The molecule has 110 valence electrons. The normalized spacial score (nSPS) is 22.6. The minimum atomic E-state index is 0.596. The third kappa shape index (κ3) is 3.22. The Morgan fingerprint density at radius 1 is 1.19 bits per heavy atom. The highest BCUT2D eigenvalue weighted by Crippen LogP contribution is 2.31. The molecule has 1 atom stereocenters. The summed E-state index contributed by atoms with van der Waals surface area (Å²) in [5, 5.41) is 11.2. The van der Waals surface area contributed by atoms with Gasteiger partial charge in [-0.05, 0) is 43.5 Å². The van der Waals surface area contributed by atoms with Gasteiger partial charge < -0.3 is 5.32 Å². The molecule has 1 aliphatic carbocycles. The predicted molar refractivity (Wildman–Crippen MR) is 83.6 cm³/mol. The lowest BCUT2D eigenvalue weighted by Crippen LogP contribution is -2.27. The van der Waals surface area contributed by atoms with Crippen molar-refractivity contribution in [2.24, 2.45) is 0 Å². The van der Waals surface area contributed by atoms with Crippen molar-refractivity contribution >= 4 is 17.4 Å². The number of nitrogens with one attached hydrogen (secondary N) is 2. The maximum absolute atomic E-state index is 4.12. The van der Waals surface area contributed by atoms with Crippen LogP contribution in [-0.4, -0.2) is 45.3 Å². The fraction of sp³-hybridized carbons (Fsp3) is 0.467. The molecule has 5 nitrogen and oxygen atoms in total. The summed E-state index contributed by atoms with van der Waals surface area (Å²) in [6.45, 7) is 2.45. The zero-order valence-electron chi connectivity index (χ0n) is 11.8. The number of rotatable bonds is 5. The summed E-state index contributed by atoms with van der Waals surface area (Å²) in [4.78, 5) is 7.92. The van der Waals surface area contributed by atoms with Gasteiger partial charge in [0.25, 0.3) is 0 Å². The first-order valence-corrected chi connectivity index (χ1v) is 8.32. The Hall–Kier alpha value is -1.53. The second-order valence-electron chi connectivity index (χ2n) is 5.77. The maximum atomic E-state index is 4.12. The lowest BCUT2D eigenvalue weighted by molar-refractivity contribution is 0.326. The largest absolute Gasteiger partial charge is 0.381 e. The van der Waals surface area contributed by atoms with E-state index < -0.39 is 0 Å². The lowest BCUT2D eigenvalue weighted by atomic mass is 10.2. The second kappa shape index (κ2) is 5.69. The molecular formula is C15H19N5S. The van der Waals surface area contributed by atoms with E-state index in [0.717, 1.165) is 11.2 Å². The van der Waals surface area contributed by atoms with Crippen LogP contribution < -0.4 is 5.32 Å². The minimum absolute atomic E-state index is 0.596. The van der Waals surface area contributed by atoms with E-state index in [-0.39, 0.29) is 0 Å². The van der Waals surface area contributed by atoms with Gasteiger partial charge in [-0.3, -0.25) is 10.00 Å². The first-order valence-electron chi connectivity index (χ1n) is 7.51. The highest BCUT2D eigenvalue weighted by atomic mass is 32.2. The number of anilines is 1. The van der Waals surface area contributed by atoms with Crippen molar-refractivity contribution in [3.63, 3.8) is 0 Å². The van der Waals surface area contributed by atoms with Gasteiger partial charge >= 0.3 is 0 Å². The zero-order valence-corrected chi connectivity index (χ0v) is 12.6. The molecular weight excluding hydrogens is 282 g/mol. The summed E-state index contributed by atoms with van der Waals surface area (Å²) in [5.74, 6) is 0. The van der Waals surface area contributed by atoms with Crippen LogP contribution in [0.5, 0.6) is 0 Å². The fourth-order valence-electron chi connectivity index (χ4n) is 2.89. The molecule has 4 rings (SSSR count). The first-order chi connectivity index (χ1) is 10.4. The van der Waals surface area contributed by atoms with Gasteiger partial charge in [0, 0.05) is 35.8 Å². The SMILES string of the molecule is c1n[nH]c(Sc2ccc(NC3CCN(C4CC4)C3)cc2)n1. The molecule has 6 heteroatoms. The standard InChI is InChI=1S/C15H19N5S/c1-5-14(21-15-16-10-17-19-15)6-2-11(1)18-12-7-8-20(9-12)13-3-4-13/h1-2,5-6,10,12-13,18H,3-4,7-9H2,(H,16,17,19). The van der Waals surface area contributed by atoms with Crippen LogP contribution in [0.4, 0.5) is 5.69 Å². The number of benzene rings is 1. The van der Waals surface area contributed by atoms with Crippen LogP contribution in [0.2, 0.25) is 0 Å². The van der Waals surface area contributed by atoms with E-state index >= 15 is 0 Å². The number of hydrogen-bond acceptors (Lipinski definition) is 5. The van der Waals surface area contributed by atoms with Crippen LogP contribution >= 0.6 is 11.8 Å². The summed E-state index contributed by atoms with van der Waals surface area (Å²) in [5.41, 5.74) is 1.21. The molecule has 1 aromatic carbocycles. The van der Waals surface area contributed by atoms with Crippen LogP contribution in [0, 0.1) is 0 Å². The minimum Gasteiger partial charge on any atom is -0.381 e.